The van der Waals surface area contributed by atoms with Crippen LogP contribution in [0.1, 0.15) is 106 Å². The van der Waals surface area contributed by atoms with Crippen LogP contribution in [0.2, 0.25) is 0 Å². The number of fused-ring (bicyclic) bond motifs is 5. The molecule has 228 valence electrons. The maximum absolute atomic E-state index is 13.8. The Balaban J connectivity index is 1.45. The molecule has 4 aliphatic carbocycles. The zero-order valence-corrected chi connectivity index (χ0v) is 26.3. The predicted octanol–water partition coefficient (Wildman–Crippen LogP) is 6.83. The molecule has 0 bridgehead atoms. The molecule has 10 atom stereocenters. The highest BCUT2D eigenvalue weighted by atomic mass is 31.2. The van der Waals surface area contributed by atoms with E-state index in [1.54, 1.807) is 27.7 Å². The van der Waals surface area contributed by atoms with E-state index in [0.717, 1.165) is 51.4 Å². The standard InChI is InChI=1S/C30H50NO8P/c1-8-36-28(34)39-40(35,31-19(4)27(33)37-18(2)3)38-22-13-15-29(6)21(17-22)9-10-23-25-12-11-24(20(5)32)30(25,7)16-14-26(23)29/h18-19,21-26H,8-17H2,1-7H3,(H,31,35)/t19-,21-,22+,23-,24+,25-,26-,29-,30+,40-/m0/s1. The molecular formula is C30H50NO8P. The third-order valence-electron chi connectivity index (χ3n) is 10.9. The summed E-state index contributed by atoms with van der Waals surface area (Å²) >= 11 is 0. The lowest BCUT2D eigenvalue weighted by Gasteiger charge is -2.61. The van der Waals surface area contributed by atoms with E-state index in [0.29, 0.717) is 35.9 Å². The summed E-state index contributed by atoms with van der Waals surface area (Å²) in [5.41, 5.74) is 0.291. The molecule has 0 unspecified atom stereocenters. The first-order chi connectivity index (χ1) is 18.7. The van der Waals surface area contributed by atoms with Gasteiger partial charge in [0, 0.05) is 5.92 Å². The van der Waals surface area contributed by atoms with Crippen LogP contribution in [0.25, 0.3) is 0 Å². The molecule has 4 saturated carbocycles. The Bertz CT molecular complexity index is 1020. The van der Waals surface area contributed by atoms with Crippen LogP contribution in [-0.2, 0) is 32.7 Å². The highest BCUT2D eigenvalue weighted by molar-refractivity contribution is 7.52. The lowest BCUT2D eigenvalue weighted by Crippen LogP contribution is -2.54. The number of hydrogen-bond donors (Lipinski definition) is 1. The van der Waals surface area contributed by atoms with Crippen LogP contribution in [0, 0.1) is 40.4 Å². The van der Waals surface area contributed by atoms with Gasteiger partial charge in [-0.3, -0.25) is 14.1 Å². The number of hydrogen-bond acceptors (Lipinski definition) is 8. The van der Waals surface area contributed by atoms with Crippen LogP contribution >= 0.6 is 7.75 Å². The molecule has 0 amide bonds. The maximum atomic E-state index is 13.8. The topological polar surface area (TPSA) is 117 Å². The summed E-state index contributed by atoms with van der Waals surface area (Å²) in [6.45, 7) is 13.2. The van der Waals surface area contributed by atoms with Crippen molar-refractivity contribution in [3.63, 3.8) is 0 Å². The predicted molar refractivity (Wildman–Crippen MR) is 150 cm³/mol. The Hall–Kier alpha value is -1.44. The molecule has 0 saturated heterocycles. The van der Waals surface area contributed by atoms with E-state index in [-0.39, 0.29) is 35.6 Å². The quantitative estimate of drug-likeness (QED) is 0.230. The van der Waals surface area contributed by atoms with Crippen molar-refractivity contribution >= 4 is 25.7 Å². The summed E-state index contributed by atoms with van der Waals surface area (Å²) in [5.74, 6) is 2.23. The van der Waals surface area contributed by atoms with Gasteiger partial charge in [-0.15, -0.1) is 0 Å². The Morgan fingerprint density at radius 2 is 1.62 bits per heavy atom. The first-order valence-electron chi connectivity index (χ1n) is 15.4. The molecule has 4 fully saturated rings. The van der Waals surface area contributed by atoms with Gasteiger partial charge in [0.15, 0.2) is 0 Å². The third kappa shape index (κ3) is 6.17. The van der Waals surface area contributed by atoms with E-state index in [1.165, 1.54) is 6.92 Å². The average molecular weight is 584 g/mol. The van der Waals surface area contributed by atoms with E-state index in [2.05, 4.69) is 18.9 Å². The Kier molecular flexibility index (Phi) is 9.48. The number of nitrogens with one attached hydrogen (secondary N) is 1. The van der Waals surface area contributed by atoms with Crippen molar-refractivity contribution in [2.24, 2.45) is 40.4 Å². The van der Waals surface area contributed by atoms with Crippen molar-refractivity contribution in [3.05, 3.63) is 0 Å². The second-order valence-corrected chi connectivity index (χ2v) is 15.2. The Morgan fingerprint density at radius 3 is 2.27 bits per heavy atom. The lowest BCUT2D eigenvalue weighted by atomic mass is 9.44. The lowest BCUT2D eigenvalue weighted by molar-refractivity contribution is -0.149. The molecule has 4 aliphatic rings. The van der Waals surface area contributed by atoms with E-state index >= 15 is 0 Å². The van der Waals surface area contributed by atoms with Gasteiger partial charge in [0.2, 0.25) is 0 Å². The van der Waals surface area contributed by atoms with Crippen molar-refractivity contribution in [2.75, 3.05) is 6.61 Å². The summed E-state index contributed by atoms with van der Waals surface area (Å²) in [6.07, 6.45) is 7.21. The number of ketones is 1. The van der Waals surface area contributed by atoms with Crippen molar-refractivity contribution in [3.8, 4) is 0 Å². The number of carbonyl (C=O) groups excluding carboxylic acids is 3. The summed E-state index contributed by atoms with van der Waals surface area (Å²) in [5, 5.41) is 2.61. The number of rotatable bonds is 9. The van der Waals surface area contributed by atoms with E-state index in [4.69, 9.17) is 18.5 Å². The zero-order valence-electron chi connectivity index (χ0n) is 25.4. The van der Waals surface area contributed by atoms with Gasteiger partial charge in [0.05, 0.1) is 18.8 Å². The smallest absolute Gasteiger partial charge is 0.462 e. The molecule has 40 heavy (non-hydrogen) atoms. The maximum Gasteiger partial charge on any atom is 0.515 e. The van der Waals surface area contributed by atoms with Crippen LogP contribution < -0.4 is 5.09 Å². The van der Waals surface area contributed by atoms with Gasteiger partial charge in [-0.05, 0) is 127 Å². The first kappa shape index (κ1) is 31.5. The fourth-order valence-electron chi connectivity index (χ4n) is 9.12. The summed E-state index contributed by atoms with van der Waals surface area (Å²) in [4.78, 5) is 37.0. The van der Waals surface area contributed by atoms with Crippen molar-refractivity contribution < 1.29 is 37.5 Å². The van der Waals surface area contributed by atoms with Crippen LogP contribution in [-0.4, -0.2) is 42.8 Å². The molecule has 1 N–H and O–H groups in total. The minimum Gasteiger partial charge on any atom is -0.462 e. The number of Topliss-reactive ketones (excluding diaryl/α,β-unsaturated/α-hetero) is 1. The molecule has 0 radical (unpaired) electrons. The van der Waals surface area contributed by atoms with Crippen molar-refractivity contribution in [1.29, 1.82) is 0 Å². The van der Waals surface area contributed by atoms with E-state index < -0.39 is 25.9 Å². The average Bonchev–Trinajstić information content (AvgIpc) is 3.21. The SMILES string of the molecule is CCOC(=O)O[P@](=O)(N[C@@H](C)C(=O)OC(C)C)O[C@@H]1CC[C@@]2(C)[C@@H](CC[C@@H]3[C@@H]2CC[C@]2(C)[C@@H](C(C)=O)CC[C@@H]32)C1. The van der Waals surface area contributed by atoms with E-state index in [9.17, 15) is 18.9 Å². The molecule has 0 aromatic rings. The third-order valence-corrected chi connectivity index (χ3v) is 12.6. The van der Waals surface area contributed by atoms with Gasteiger partial charge in [0.1, 0.15) is 11.8 Å². The molecule has 4 rings (SSSR count). The van der Waals surface area contributed by atoms with Crippen LogP contribution in [0.4, 0.5) is 4.79 Å². The van der Waals surface area contributed by atoms with Gasteiger partial charge in [0.25, 0.3) is 0 Å². The normalized spacial score (nSPS) is 39.2. The van der Waals surface area contributed by atoms with Gasteiger partial charge in [-0.25, -0.2) is 9.36 Å². The molecule has 9 nitrogen and oxygen atoms in total. The van der Waals surface area contributed by atoms with Gasteiger partial charge >= 0.3 is 19.9 Å². The number of esters is 1. The molecular weight excluding hydrogens is 533 g/mol. The number of ether oxygens (including phenoxy) is 2. The minimum absolute atomic E-state index is 0.0589. The molecule has 0 heterocycles. The highest BCUT2D eigenvalue weighted by Gasteiger charge is 2.61. The van der Waals surface area contributed by atoms with Gasteiger partial charge < -0.3 is 14.0 Å². The van der Waals surface area contributed by atoms with E-state index in [1.807, 2.05) is 0 Å². The van der Waals surface area contributed by atoms with Crippen LogP contribution in [0.5, 0.6) is 0 Å². The zero-order chi connectivity index (χ0) is 29.5. The summed E-state index contributed by atoms with van der Waals surface area (Å²) < 4.78 is 35.1. The fraction of sp³-hybridized carbons (Fsp3) is 0.900. The van der Waals surface area contributed by atoms with Gasteiger partial charge in [-0.1, -0.05) is 13.8 Å². The Labute approximate surface area is 239 Å². The van der Waals surface area contributed by atoms with Crippen LogP contribution in [0.3, 0.4) is 0 Å². The Morgan fingerprint density at radius 1 is 0.950 bits per heavy atom. The van der Waals surface area contributed by atoms with Gasteiger partial charge in [-0.2, -0.15) is 5.09 Å². The molecule has 10 heteroatoms. The monoisotopic (exact) mass is 583 g/mol. The van der Waals surface area contributed by atoms with Crippen molar-refractivity contribution in [2.45, 2.75) is 125 Å². The largest absolute Gasteiger partial charge is 0.515 e. The molecule has 0 aliphatic heterocycles. The molecule has 0 spiro atoms. The van der Waals surface area contributed by atoms with Crippen LogP contribution in [0.15, 0.2) is 0 Å². The second-order valence-electron chi connectivity index (χ2n) is 13.6. The molecule has 0 aromatic heterocycles. The minimum atomic E-state index is -4.22. The fourth-order valence-corrected chi connectivity index (χ4v) is 10.7. The second kappa shape index (κ2) is 12.0. The molecule has 0 aromatic carbocycles. The number of carbonyl (C=O) groups is 3. The summed E-state index contributed by atoms with van der Waals surface area (Å²) in [7, 11) is -4.22. The van der Waals surface area contributed by atoms with Crippen molar-refractivity contribution in [1.82, 2.24) is 5.09 Å². The highest BCUT2D eigenvalue weighted by Crippen LogP contribution is 2.68. The first-order valence-corrected chi connectivity index (χ1v) is 16.9. The summed E-state index contributed by atoms with van der Waals surface area (Å²) in [6, 6.07) is -1.01.